The average molecular weight is 275 g/mol. The van der Waals surface area contributed by atoms with E-state index in [-0.39, 0.29) is 0 Å². The molecule has 0 saturated carbocycles. The number of aryl methyl sites for hydroxylation is 1. The molecule has 0 atom stereocenters. The van der Waals surface area contributed by atoms with Crippen LogP contribution in [0.5, 0.6) is 0 Å². The first-order valence-electron chi connectivity index (χ1n) is 6.75. The topological polar surface area (TPSA) is 69.4 Å². The van der Waals surface area contributed by atoms with Crippen LogP contribution in [0.2, 0.25) is 0 Å². The largest absolute Gasteiger partial charge is 0.367 e. The van der Waals surface area contributed by atoms with Crippen LogP contribution >= 0.6 is 0 Å². The Morgan fingerprint density at radius 1 is 1.33 bits per heavy atom. The van der Waals surface area contributed by atoms with Crippen molar-refractivity contribution in [2.24, 2.45) is 7.05 Å². The summed E-state index contributed by atoms with van der Waals surface area (Å²) < 4.78 is 1.90. The normalized spacial score (nSPS) is 12.2. The van der Waals surface area contributed by atoms with E-state index in [4.69, 9.17) is 5.26 Å². The highest BCUT2D eigenvalue weighted by molar-refractivity contribution is 5.84. The van der Waals surface area contributed by atoms with Crippen molar-refractivity contribution >= 4 is 5.82 Å². The predicted molar refractivity (Wildman–Crippen MR) is 80.5 cm³/mol. The van der Waals surface area contributed by atoms with Gasteiger partial charge < -0.3 is 10.3 Å². The van der Waals surface area contributed by atoms with E-state index in [9.17, 15) is 0 Å². The summed E-state index contributed by atoms with van der Waals surface area (Å²) in [5.74, 6) is 1.00. The van der Waals surface area contributed by atoms with E-state index in [1.807, 2.05) is 42.2 Å². The molecule has 5 heteroatoms. The highest BCUT2D eigenvalue weighted by atomic mass is 15.3. The molecular weight excluding hydrogens is 262 g/mol. The van der Waals surface area contributed by atoms with Gasteiger partial charge in [0.05, 0.1) is 23.5 Å². The first-order chi connectivity index (χ1) is 10.3. The van der Waals surface area contributed by atoms with Gasteiger partial charge in [-0.1, -0.05) is 12.1 Å². The zero-order valence-corrected chi connectivity index (χ0v) is 11.5. The molecule has 2 aromatic heterocycles. The van der Waals surface area contributed by atoms with E-state index in [1.54, 1.807) is 0 Å². The van der Waals surface area contributed by atoms with Crippen molar-refractivity contribution in [1.82, 2.24) is 14.8 Å². The first kappa shape index (κ1) is 11.8. The van der Waals surface area contributed by atoms with E-state index in [2.05, 4.69) is 27.5 Å². The summed E-state index contributed by atoms with van der Waals surface area (Å²) in [6.07, 6.45) is 1.90. The van der Waals surface area contributed by atoms with Crippen LogP contribution in [-0.4, -0.2) is 14.8 Å². The zero-order chi connectivity index (χ0) is 14.4. The number of benzene rings is 1. The molecular formula is C16H13N5. The molecule has 0 radical (unpaired) electrons. The van der Waals surface area contributed by atoms with E-state index < -0.39 is 0 Å². The van der Waals surface area contributed by atoms with Crippen molar-refractivity contribution in [2.45, 2.75) is 6.54 Å². The predicted octanol–water partition coefficient (Wildman–Crippen LogP) is 2.88. The molecule has 5 nitrogen and oxygen atoms in total. The maximum atomic E-state index is 9.03. The summed E-state index contributed by atoms with van der Waals surface area (Å²) in [6.45, 7) is 0.772. The fraction of sp³-hybridized carbons (Fsp3) is 0.125. The van der Waals surface area contributed by atoms with Crippen molar-refractivity contribution in [1.29, 1.82) is 5.26 Å². The van der Waals surface area contributed by atoms with Crippen molar-refractivity contribution in [3.8, 4) is 28.6 Å². The number of hydrogen-bond acceptors (Lipinski definition) is 3. The maximum Gasteiger partial charge on any atom is 0.113 e. The third-order valence-electron chi connectivity index (χ3n) is 3.85. The molecule has 2 N–H and O–H groups in total. The van der Waals surface area contributed by atoms with Crippen LogP contribution in [0.15, 0.2) is 36.5 Å². The van der Waals surface area contributed by atoms with Crippen molar-refractivity contribution in [3.63, 3.8) is 0 Å². The Kier molecular flexibility index (Phi) is 2.39. The summed E-state index contributed by atoms with van der Waals surface area (Å²) in [5.41, 5.74) is 6.12. The molecule has 1 aromatic carbocycles. The minimum absolute atomic E-state index is 0.661. The van der Waals surface area contributed by atoms with Crippen molar-refractivity contribution < 1.29 is 0 Å². The summed E-state index contributed by atoms with van der Waals surface area (Å²) in [5, 5.41) is 16.7. The molecule has 4 rings (SSSR count). The van der Waals surface area contributed by atoms with Crippen molar-refractivity contribution in [2.75, 3.05) is 5.32 Å². The molecule has 0 amide bonds. The Bertz CT molecular complexity index is 878. The first-order valence-corrected chi connectivity index (χ1v) is 6.75. The quantitative estimate of drug-likeness (QED) is 0.717. The molecule has 21 heavy (non-hydrogen) atoms. The molecule has 0 bridgehead atoms. The van der Waals surface area contributed by atoms with Gasteiger partial charge >= 0.3 is 0 Å². The number of hydrogen-bond donors (Lipinski definition) is 2. The number of aromatic nitrogens is 3. The molecule has 0 aliphatic carbocycles. The van der Waals surface area contributed by atoms with Gasteiger partial charge in [-0.3, -0.25) is 4.68 Å². The Morgan fingerprint density at radius 2 is 2.24 bits per heavy atom. The molecule has 0 spiro atoms. The van der Waals surface area contributed by atoms with E-state index in [1.165, 1.54) is 5.56 Å². The number of anilines is 1. The zero-order valence-electron chi connectivity index (χ0n) is 11.5. The molecule has 3 heterocycles. The second kappa shape index (κ2) is 4.25. The van der Waals surface area contributed by atoms with Gasteiger partial charge in [-0.15, -0.1) is 0 Å². The van der Waals surface area contributed by atoms with E-state index >= 15 is 0 Å². The number of nitrogens with one attached hydrogen (secondary N) is 2. The lowest BCUT2D eigenvalue weighted by Gasteiger charge is -2.14. The highest BCUT2D eigenvalue weighted by Gasteiger charge is 2.22. The molecule has 1 aliphatic rings. The molecule has 0 fully saturated rings. The lowest BCUT2D eigenvalue weighted by Crippen LogP contribution is -2.08. The standard InChI is InChI=1S/C16H13N5/c1-21-15-12(9-19-21)8-18-16-13(15)6-14(20-16)11-4-2-3-10(5-11)7-17/h2-6,9,18,20H,8H2,1H3. The highest BCUT2D eigenvalue weighted by Crippen LogP contribution is 2.38. The number of nitriles is 1. The van der Waals surface area contributed by atoms with Gasteiger partial charge in [0, 0.05) is 30.4 Å². The maximum absolute atomic E-state index is 9.03. The van der Waals surface area contributed by atoms with E-state index in [0.717, 1.165) is 34.9 Å². The molecule has 102 valence electrons. The van der Waals surface area contributed by atoms with E-state index in [0.29, 0.717) is 5.56 Å². The van der Waals surface area contributed by atoms with Crippen LogP contribution in [0.3, 0.4) is 0 Å². The lowest BCUT2D eigenvalue weighted by atomic mass is 10.0. The second-order valence-electron chi connectivity index (χ2n) is 5.16. The third kappa shape index (κ3) is 1.73. The summed E-state index contributed by atoms with van der Waals surface area (Å²) in [6, 6.07) is 11.9. The van der Waals surface area contributed by atoms with Crippen molar-refractivity contribution in [3.05, 3.63) is 47.7 Å². The van der Waals surface area contributed by atoms with Crippen LogP contribution in [0, 0.1) is 11.3 Å². The molecule has 1 aliphatic heterocycles. The summed E-state index contributed by atoms with van der Waals surface area (Å²) in [7, 11) is 1.96. The van der Waals surface area contributed by atoms with Gasteiger partial charge in [-0.25, -0.2) is 0 Å². The smallest absolute Gasteiger partial charge is 0.113 e. The summed E-state index contributed by atoms with van der Waals surface area (Å²) in [4.78, 5) is 3.40. The minimum Gasteiger partial charge on any atom is -0.367 e. The number of rotatable bonds is 1. The Morgan fingerprint density at radius 3 is 3.10 bits per heavy atom. The molecule has 0 saturated heterocycles. The van der Waals surface area contributed by atoms with Gasteiger partial charge in [0.2, 0.25) is 0 Å². The number of H-pyrrole nitrogens is 1. The Hall–Kier alpha value is -3.00. The molecule has 3 aromatic rings. The Labute approximate surface area is 121 Å². The lowest BCUT2D eigenvalue weighted by molar-refractivity contribution is 0.775. The summed E-state index contributed by atoms with van der Waals surface area (Å²) >= 11 is 0. The fourth-order valence-corrected chi connectivity index (χ4v) is 2.84. The van der Waals surface area contributed by atoms with Crippen LogP contribution in [-0.2, 0) is 13.6 Å². The van der Waals surface area contributed by atoms with Crippen LogP contribution < -0.4 is 5.32 Å². The second-order valence-corrected chi connectivity index (χ2v) is 5.16. The SMILES string of the molecule is Cn1ncc2c1-c1cc(-c3cccc(C#N)c3)[nH]c1NC2. The average Bonchev–Trinajstić information content (AvgIpc) is 3.10. The number of fused-ring (bicyclic) bond motifs is 3. The fourth-order valence-electron chi connectivity index (χ4n) is 2.84. The minimum atomic E-state index is 0.661. The van der Waals surface area contributed by atoms with Crippen LogP contribution in [0.4, 0.5) is 5.82 Å². The van der Waals surface area contributed by atoms with Crippen LogP contribution in [0.25, 0.3) is 22.5 Å². The van der Waals surface area contributed by atoms with Crippen LogP contribution in [0.1, 0.15) is 11.1 Å². The van der Waals surface area contributed by atoms with Gasteiger partial charge in [0.25, 0.3) is 0 Å². The van der Waals surface area contributed by atoms with Gasteiger partial charge in [0.15, 0.2) is 0 Å². The molecule has 0 unspecified atom stereocenters. The van der Waals surface area contributed by atoms with Gasteiger partial charge in [0.1, 0.15) is 5.82 Å². The third-order valence-corrected chi connectivity index (χ3v) is 3.85. The number of aromatic amines is 1. The van der Waals surface area contributed by atoms with Gasteiger partial charge in [-0.05, 0) is 23.8 Å². The van der Waals surface area contributed by atoms with Gasteiger partial charge in [-0.2, -0.15) is 10.4 Å². The number of nitrogens with zero attached hydrogens (tertiary/aromatic N) is 3. The monoisotopic (exact) mass is 275 g/mol. The Balaban J connectivity index is 1.87.